The summed E-state index contributed by atoms with van der Waals surface area (Å²) in [6, 6.07) is 6.00. The van der Waals surface area contributed by atoms with Crippen LogP contribution in [0.4, 0.5) is 4.39 Å². The Kier molecular flexibility index (Phi) is 2.51. The number of hydrogen-bond acceptors (Lipinski definition) is 3. The van der Waals surface area contributed by atoms with E-state index in [1.165, 1.54) is 18.5 Å². The van der Waals surface area contributed by atoms with Gasteiger partial charge in [0, 0.05) is 18.3 Å². The Bertz CT molecular complexity index is 590. The van der Waals surface area contributed by atoms with Gasteiger partial charge in [-0.15, -0.1) is 0 Å². The summed E-state index contributed by atoms with van der Waals surface area (Å²) in [4.78, 5) is 21.8. The van der Waals surface area contributed by atoms with Crippen molar-refractivity contribution >= 4 is 5.91 Å². The first-order chi connectivity index (χ1) is 8.75. The van der Waals surface area contributed by atoms with Gasteiger partial charge in [0.25, 0.3) is 5.91 Å². The van der Waals surface area contributed by atoms with Gasteiger partial charge in [-0.1, -0.05) is 12.1 Å². The lowest BCUT2D eigenvalue weighted by Gasteiger charge is -2.15. The summed E-state index contributed by atoms with van der Waals surface area (Å²) >= 11 is 0. The van der Waals surface area contributed by atoms with Crippen molar-refractivity contribution in [3.05, 3.63) is 59.4 Å². The van der Waals surface area contributed by atoms with E-state index < -0.39 is 5.82 Å². The van der Waals surface area contributed by atoms with Gasteiger partial charge >= 0.3 is 0 Å². The van der Waals surface area contributed by atoms with Gasteiger partial charge in [-0.3, -0.25) is 4.79 Å². The van der Waals surface area contributed by atoms with Crippen molar-refractivity contribution in [3.63, 3.8) is 0 Å². The summed E-state index contributed by atoms with van der Waals surface area (Å²) < 4.78 is 13.5. The van der Waals surface area contributed by atoms with Gasteiger partial charge in [0.05, 0.1) is 17.8 Å². The Morgan fingerprint density at radius 1 is 1.28 bits per heavy atom. The molecule has 0 spiro atoms. The summed E-state index contributed by atoms with van der Waals surface area (Å²) in [5.74, 6) is -0.810. The summed E-state index contributed by atoms with van der Waals surface area (Å²) in [7, 11) is 0. The van der Waals surface area contributed by atoms with Crippen molar-refractivity contribution in [2.24, 2.45) is 0 Å². The zero-order valence-corrected chi connectivity index (χ0v) is 9.51. The average Bonchev–Trinajstić information content (AvgIpc) is 2.82. The normalized spacial score (nSPS) is 13.5. The number of aromatic nitrogens is 2. The van der Waals surface area contributed by atoms with Crippen LogP contribution < -0.4 is 0 Å². The van der Waals surface area contributed by atoms with Crippen LogP contribution in [0.5, 0.6) is 0 Å². The third-order valence-corrected chi connectivity index (χ3v) is 2.97. The Morgan fingerprint density at radius 3 is 2.89 bits per heavy atom. The van der Waals surface area contributed by atoms with E-state index in [0.717, 1.165) is 11.3 Å². The first-order valence-electron chi connectivity index (χ1n) is 5.57. The molecule has 18 heavy (non-hydrogen) atoms. The SMILES string of the molecule is O=C(c1ccccc1F)N1Cc2cncnc2C1. The van der Waals surface area contributed by atoms with Crippen LogP contribution in [0.25, 0.3) is 0 Å². The van der Waals surface area contributed by atoms with Gasteiger partial charge in [-0.25, -0.2) is 14.4 Å². The van der Waals surface area contributed by atoms with Crippen LogP contribution in [0, 0.1) is 5.82 Å². The minimum Gasteiger partial charge on any atom is -0.328 e. The second-order valence-corrected chi connectivity index (χ2v) is 4.14. The Hall–Kier alpha value is -2.30. The van der Waals surface area contributed by atoms with Gasteiger partial charge in [0.2, 0.25) is 0 Å². The van der Waals surface area contributed by atoms with Crippen molar-refractivity contribution in [2.45, 2.75) is 13.1 Å². The van der Waals surface area contributed by atoms with Crippen molar-refractivity contribution in [1.29, 1.82) is 0 Å². The molecule has 1 aliphatic heterocycles. The van der Waals surface area contributed by atoms with E-state index in [-0.39, 0.29) is 11.5 Å². The van der Waals surface area contributed by atoms with Crippen molar-refractivity contribution in [1.82, 2.24) is 14.9 Å². The molecule has 0 atom stereocenters. The molecule has 4 nitrogen and oxygen atoms in total. The van der Waals surface area contributed by atoms with Crippen LogP contribution in [0.3, 0.4) is 0 Å². The number of carbonyl (C=O) groups excluding carboxylic acids is 1. The largest absolute Gasteiger partial charge is 0.328 e. The van der Waals surface area contributed by atoms with Crippen molar-refractivity contribution in [2.75, 3.05) is 0 Å². The number of nitrogens with zero attached hydrogens (tertiary/aromatic N) is 3. The molecule has 2 aromatic rings. The molecule has 1 amide bonds. The Balaban J connectivity index is 1.87. The predicted molar refractivity (Wildman–Crippen MR) is 62.0 cm³/mol. The summed E-state index contributed by atoms with van der Waals surface area (Å²) in [5.41, 5.74) is 1.84. The number of rotatable bonds is 1. The van der Waals surface area contributed by atoms with E-state index in [4.69, 9.17) is 0 Å². The maximum absolute atomic E-state index is 13.5. The highest BCUT2D eigenvalue weighted by molar-refractivity contribution is 5.94. The fraction of sp³-hybridized carbons (Fsp3) is 0.154. The van der Waals surface area contributed by atoms with E-state index in [1.807, 2.05) is 0 Å². The van der Waals surface area contributed by atoms with Crippen LogP contribution in [0.1, 0.15) is 21.6 Å². The number of halogens is 1. The quantitative estimate of drug-likeness (QED) is 0.766. The minimum absolute atomic E-state index is 0.0956. The molecule has 2 heterocycles. The molecular weight excluding hydrogens is 233 g/mol. The van der Waals surface area contributed by atoms with Crippen LogP contribution >= 0.6 is 0 Å². The lowest BCUT2D eigenvalue weighted by molar-refractivity contribution is 0.0745. The third-order valence-electron chi connectivity index (χ3n) is 2.97. The van der Waals surface area contributed by atoms with Gasteiger partial charge in [0.1, 0.15) is 12.1 Å². The fourth-order valence-corrected chi connectivity index (χ4v) is 2.05. The summed E-state index contributed by atoms with van der Waals surface area (Å²) in [6.07, 6.45) is 3.15. The average molecular weight is 243 g/mol. The lowest BCUT2D eigenvalue weighted by Crippen LogP contribution is -2.26. The first-order valence-corrected chi connectivity index (χ1v) is 5.57. The molecule has 3 rings (SSSR count). The number of amides is 1. The van der Waals surface area contributed by atoms with Gasteiger partial charge < -0.3 is 4.90 Å². The molecule has 0 radical (unpaired) electrons. The molecule has 0 fully saturated rings. The fourth-order valence-electron chi connectivity index (χ4n) is 2.05. The lowest BCUT2D eigenvalue weighted by atomic mass is 10.2. The molecule has 0 aliphatic carbocycles. The Labute approximate surface area is 103 Å². The summed E-state index contributed by atoms with van der Waals surface area (Å²) in [6.45, 7) is 0.842. The van der Waals surface area contributed by atoms with Gasteiger partial charge in [-0.05, 0) is 12.1 Å². The van der Waals surface area contributed by atoms with E-state index in [1.54, 1.807) is 23.2 Å². The highest BCUT2D eigenvalue weighted by Gasteiger charge is 2.26. The number of fused-ring (bicyclic) bond motifs is 1. The highest BCUT2D eigenvalue weighted by Crippen LogP contribution is 2.22. The van der Waals surface area contributed by atoms with Crippen molar-refractivity contribution < 1.29 is 9.18 Å². The second-order valence-electron chi connectivity index (χ2n) is 4.14. The molecule has 0 bridgehead atoms. The summed E-state index contributed by atoms with van der Waals surface area (Å²) in [5, 5.41) is 0. The van der Waals surface area contributed by atoms with Gasteiger partial charge in [0.15, 0.2) is 0 Å². The van der Waals surface area contributed by atoms with E-state index >= 15 is 0 Å². The zero-order valence-electron chi connectivity index (χ0n) is 9.51. The maximum Gasteiger partial charge on any atom is 0.257 e. The molecule has 1 aromatic carbocycles. The van der Waals surface area contributed by atoms with Gasteiger partial charge in [-0.2, -0.15) is 0 Å². The Morgan fingerprint density at radius 2 is 2.11 bits per heavy atom. The van der Waals surface area contributed by atoms with E-state index in [2.05, 4.69) is 9.97 Å². The first kappa shape index (κ1) is 10.8. The molecule has 0 saturated carbocycles. The smallest absolute Gasteiger partial charge is 0.257 e. The number of hydrogen-bond donors (Lipinski definition) is 0. The number of carbonyl (C=O) groups is 1. The van der Waals surface area contributed by atoms with Crippen LogP contribution in [0.2, 0.25) is 0 Å². The predicted octanol–water partition coefficient (Wildman–Crippen LogP) is 1.77. The van der Waals surface area contributed by atoms with E-state index in [9.17, 15) is 9.18 Å². The highest BCUT2D eigenvalue weighted by atomic mass is 19.1. The standard InChI is InChI=1S/C13H10FN3O/c14-11-4-2-1-3-10(11)13(18)17-6-9-5-15-8-16-12(9)7-17/h1-5,8H,6-7H2. The second kappa shape index (κ2) is 4.18. The molecule has 5 heteroatoms. The van der Waals surface area contributed by atoms with Crippen LogP contribution in [-0.4, -0.2) is 20.8 Å². The molecule has 0 N–H and O–H groups in total. The molecule has 1 aromatic heterocycles. The maximum atomic E-state index is 13.5. The van der Waals surface area contributed by atoms with Crippen molar-refractivity contribution in [3.8, 4) is 0 Å². The topological polar surface area (TPSA) is 46.1 Å². The molecule has 0 saturated heterocycles. The minimum atomic E-state index is -0.496. The van der Waals surface area contributed by atoms with E-state index in [0.29, 0.717) is 13.1 Å². The zero-order chi connectivity index (χ0) is 12.5. The molecule has 1 aliphatic rings. The third kappa shape index (κ3) is 1.73. The molecular formula is C13H10FN3O. The van der Waals surface area contributed by atoms with Crippen LogP contribution in [-0.2, 0) is 13.1 Å². The number of benzene rings is 1. The monoisotopic (exact) mass is 243 g/mol. The molecule has 90 valence electrons. The van der Waals surface area contributed by atoms with Crippen LogP contribution in [0.15, 0.2) is 36.8 Å². The molecule has 0 unspecified atom stereocenters.